The molecule has 216 valence electrons. The van der Waals surface area contributed by atoms with Gasteiger partial charge in [0.2, 0.25) is 5.91 Å². The number of aromatic nitrogens is 1. The van der Waals surface area contributed by atoms with Crippen molar-refractivity contribution in [2.24, 2.45) is 5.73 Å². The maximum Gasteiger partial charge on any atom is 0.407 e. The number of thioether (sulfide) groups is 1. The monoisotopic (exact) mass is 593 g/mol. The average Bonchev–Trinajstić information content (AvgIpc) is 3.34. The molecule has 4 aromatic rings. The van der Waals surface area contributed by atoms with E-state index in [1.807, 2.05) is 54.6 Å². The molecular formula is C32H27N5O5S. The van der Waals surface area contributed by atoms with E-state index in [4.69, 9.17) is 15.7 Å². The van der Waals surface area contributed by atoms with Crippen molar-refractivity contribution in [2.45, 2.75) is 23.4 Å². The number of nitrogens with zero attached hydrogens (tertiary/aromatic N) is 2. The fourth-order valence-corrected chi connectivity index (χ4v) is 5.89. The summed E-state index contributed by atoms with van der Waals surface area (Å²) in [6, 6.07) is 24.8. The van der Waals surface area contributed by atoms with E-state index < -0.39 is 24.0 Å². The molecule has 10 nitrogen and oxygen atoms in total. The van der Waals surface area contributed by atoms with Gasteiger partial charge in [-0.1, -0.05) is 54.6 Å². The number of benzene rings is 3. The number of primary amides is 1. The van der Waals surface area contributed by atoms with Gasteiger partial charge in [-0.25, -0.2) is 14.6 Å². The molecule has 1 atom stereocenters. The lowest BCUT2D eigenvalue weighted by Crippen LogP contribution is -2.43. The van der Waals surface area contributed by atoms with Crippen LogP contribution in [0.5, 0.6) is 0 Å². The summed E-state index contributed by atoms with van der Waals surface area (Å²) in [7, 11) is 0. The molecule has 1 aliphatic rings. The Bertz CT molecular complexity index is 1670. The number of nitriles is 1. The number of aliphatic carboxylic acids is 1. The van der Waals surface area contributed by atoms with Gasteiger partial charge >= 0.3 is 12.1 Å². The Morgan fingerprint density at radius 1 is 1.02 bits per heavy atom. The van der Waals surface area contributed by atoms with E-state index >= 15 is 0 Å². The molecule has 1 heterocycles. The molecule has 0 unspecified atom stereocenters. The first kappa shape index (κ1) is 29.2. The third-order valence-electron chi connectivity index (χ3n) is 7.03. The lowest BCUT2D eigenvalue weighted by Gasteiger charge is -2.18. The highest BCUT2D eigenvalue weighted by Gasteiger charge is 2.30. The molecule has 11 heteroatoms. The number of nitrogens with one attached hydrogen (secondary N) is 2. The molecule has 0 radical (unpaired) electrons. The number of rotatable bonds is 11. The second-order valence-electron chi connectivity index (χ2n) is 9.76. The minimum atomic E-state index is -1.24. The van der Waals surface area contributed by atoms with Crippen molar-refractivity contribution in [3.05, 3.63) is 113 Å². The SMILES string of the molecule is N#Cc1ccc(CNc2cc(C(N)=O)ccc2SC[C@H](NC(=O)OCC2c3ccccc3-c3ccccc32)C(=O)O)cn1. The van der Waals surface area contributed by atoms with E-state index in [1.165, 1.54) is 11.8 Å². The van der Waals surface area contributed by atoms with Crippen molar-refractivity contribution in [3.63, 3.8) is 0 Å². The summed E-state index contributed by atoms with van der Waals surface area (Å²) in [4.78, 5) is 41.3. The van der Waals surface area contributed by atoms with Gasteiger partial charge in [0.05, 0.1) is 0 Å². The zero-order valence-corrected chi connectivity index (χ0v) is 23.6. The quantitative estimate of drug-likeness (QED) is 0.179. The Morgan fingerprint density at radius 3 is 2.33 bits per heavy atom. The second-order valence-corrected chi connectivity index (χ2v) is 10.8. The minimum Gasteiger partial charge on any atom is -0.480 e. The Hall–Kier alpha value is -5.34. The first-order valence-corrected chi connectivity index (χ1v) is 14.3. The first-order chi connectivity index (χ1) is 20.8. The van der Waals surface area contributed by atoms with Crippen LogP contribution in [-0.4, -0.2) is 46.5 Å². The predicted octanol–water partition coefficient (Wildman–Crippen LogP) is 4.75. The molecule has 1 aromatic heterocycles. The molecule has 5 rings (SSSR count). The number of hydrogen-bond donors (Lipinski definition) is 4. The number of carboxylic acid groups (broad SMARTS) is 1. The number of anilines is 1. The van der Waals surface area contributed by atoms with Crippen molar-refractivity contribution in [2.75, 3.05) is 17.7 Å². The summed E-state index contributed by atoms with van der Waals surface area (Å²) in [6.45, 7) is 0.390. The lowest BCUT2D eigenvalue weighted by molar-refractivity contribution is -0.138. The number of carbonyl (C=O) groups is 3. The smallest absolute Gasteiger partial charge is 0.407 e. The molecule has 0 fully saturated rings. The van der Waals surface area contributed by atoms with Crippen molar-refractivity contribution < 1.29 is 24.2 Å². The number of fused-ring (bicyclic) bond motifs is 3. The van der Waals surface area contributed by atoms with E-state index in [0.717, 1.165) is 27.8 Å². The third kappa shape index (κ3) is 6.77. The number of carbonyl (C=O) groups excluding carboxylic acids is 2. The maximum atomic E-state index is 12.7. The van der Waals surface area contributed by atoms with E-state index in [1.54, 1.807) is 36.5 Å². The molecule has 0 saturated carbocycles. The molecule has 5 N–H and O–H groups in total. The van der Waals surface area contributed by atoms with Crippen molar-refractivity contribution in [3.8, 4) is 17.2 Å². The Balaban J connectivity index is 1.23. The normalized spacial score (nSPS) is 12.3. The van der Waals surface area contributed by atoms with Crippen molar-refractivity contribution >= 4 is 35.4 Å². The van der Waals surface area contributed by atoms with Crippen LogP contribution in [0.25, 0.3) is 11.1 Å². The van der Waals surface area contributed by atoms with Gasteiger partial charge in [0.1, 0.15) is 24.4 Å². The summed E-state index contributed by atoms with van der Waals surface area (Å²) in [5.74, 6) is -1.99. The van der Waals surface area contributed by atoms with E-state index in [-0.39, 0.29) is 23.8 Å². The van der Waals surface area contributed by atoms with Gasteiger partial charge in [-0.2, -0.15) is 5.26 Å². The van der Waals surface area contributed by atoms with Gasteiger partial charge in [0.15, 0.2) is 0 Å². The fourth-order valence-electron chi connectivity index (χ4n) is 4.87. The molecule has 0 bridgehead atoms. The predicted molar refractivity (Wildman–Crippen MR) is 162 cm³/mol. The largest absolute Gasteiger partial charge is 0.480 e. The Morgan fingerprint density at radius 2 is 1.72 bits per heavy atom. The van der Waals surface area contributed by atoms with Crippen LogP contribution in [0.3, 0.4) is 0 Å². The number of nitrogens with two attached hydrogens (primary N) is 1. The van der Waals surface area contributed by atoms with E-state index in [2.05, 4.69) is 15.6 Å². The second kappa shape index (κ2) is 13.1. The molecule has 0 aliphatic heterocycles. The van der Waals surface area contributed by atoms with Crippen molar-refractivity contribution in [1.82, 2.24) is 10.3 Å². The van der Waals surface area contributed by atoms with Crippen LogP contribution in [0.4, 0.5) is 10.5 Å². The number of ether oxygens (including phenoxy) is 1. The summed E-state index contributed by atoms with van der Waals surface area (Å²) >= 11 is 1.19. The molecular weight excluding hydrogens is 566 g/mol. The van der Waals surface area contributed by atoms with Crippen molar-refractivity contribution in [1.29, 1.82) is 5.26 Å². The Kier molecular flexibility index (Phi) is 8.88. The van der Waals surface area contributed by atoms with Crippen LogP contribution in [0.2, 0.25) is 0 Å². The highest BCUT2D eigenvalue weighted by atomic mass is 32.2. The molecule has 3 aromatic carbocycles. The van der Waals surface area contributed by atoms with Gasteiger partial charge in [0, 0.05) is 40.6 Å². The van der Waals surface area contributed by atoms with Crippen LogP contribution in [0, 0.1) is 11.3 Å². The van der Waals surface area contributed by atoms with Gasteiger partial charge < -0.3 is 26.2 Å². The highest BCUT2D eigenvalue weighted by molar-refractivity contribution is 7.99. The molecule has 1 aliphatic carbocycles. The first-order valence-electron chi connectivity index (χ1n) is 13.3. The van der Waals surface area contributed by atoms with E-state index in [0.29, 0.717) is 22.8 Å². The highest BCUT2D eigenvalue weighted by Crippen LogP contribution is 2.44. The van der Waals surface area contributed by atoms with Gasteiger partial charge in [0.25, 0.3) is 0 Å². The lowest BCUT2D eigenvalue weighted by atomic mass is 9.98. The summed E-state index contributed by atoms with van der Waals surface area (Å²) in [5.41, 5.74) is 11.7. The third-order valence-corrected chi connectivity index (χ3v) is 8.19. The zero-order chi connectivity index (χ0) is 30.3. The van der Waals surface area contributed by atoms with Crippen LogP contribution < -0.4 is 16.4 Å². The van der Waals surface area contributed by atoms with Crippen LogP contribution >= 0.6 is 11.8 Å². The van der Waals surface area contributed by atoms with E-state index in [9.17, 15) is 19.5 Å². The number of amides is 2. The fraction of sp³-hybridized carbons (Fsp3) is 0.156. The summed E-state index contributed by atoms with van der Waals surface area (Å²) in [5, 5.41) is 24.5. The number of alkyl carbamates (subject to hydrolysis) is 1. The maximum absolute atomic E-state index is 12.7. The summed E-state index contributed by atoms with van der Waals surface area (Å²) < 4.78 is 5.53. The molecule has 43 heavy (non-hydrogen) atoms. The zero-order valence-electron chi connectivity index (χ0n) is 22.8. The van der Waals surface area contributed by atoms with Gasteiger partial charge in [-0.3, -0.25) is 4.79 Å². The average molecular weight is 594 g/mol. The van der Waals surface area contributed by atoms with Crippen LogP contribution in [-0.2, 0) is 16.1 Å². The van der Waals surface area contributed by atoms with Gasteiger partial charge in [-0.15, -0.1) is 11.8 Å². The number of hydrogen-bond acceptors (Lipinski definition) is 8. The molecule has 0 spiro atoms. The van der Waals surface area contributed by atoms with Crippen LogP contribution in [0.15, 0.2) is 90.0 Å². The van der Waals surface area contributed by atoms with Crippen LogP contribution in [0.1, 0.15) is 38.7 Å². The topological polar surface area (TPSA) is 167 Å². The standard InChI is InChI=1S/C32H27N5O5S/c33-14-21-11-9-19(15-35-21)16-36-27-13-20(30(34)38)10-12-29(27)43-18-28(31(39)40)37-32(41)42-17-26-24-7-3-1-5-22(24)23-6-2-4-8-25(23)26/h1-13,15,26,28,36H,16-18H2,(H2,34,38)(H,37,41)(H,39,40)/t28-/m0/s1. The van der Waals surface area contributed by atoms with Gasteiger partial charge in [-0.05, 0) is 52.1 Å². The number of carboxylic acids is 1. The summed E-state index contributed by atoms with van der Waals surface area (Å²) in [6.07, 6.45) is 0.736. The minimum absolute atomic E-state index is 0.0114. The molecule has 0 saturated heterocycles. The Labute approximate surface area is 251 Å². The molecule has 2 amide bonds. The number of pyridine rings is 1.